The van der Waals surface area contributed by atoms with Crippen LogP contribution in [-0.2, 0) is 6.42 Å². The minimum absolute atomic E-state index is 0.244. The van der Waals surface area contributed by atoms with Gasteiger partial charge in [0.25, 0.3) is 0 Å². The Morgan fingerprint density at radius 1 is 1.55 bits per heavy atom. The lowest BCUT2D eigenvalue weighted by molar-refractivity contribution is 0.465. The molecule has 0 aliphatic heterocycles. The molecule has 1 aromatic rings. The fourth-order valence-corrected chi connectivity index (χ4v) is 0.948. The van der Waals surface area contributed by atoms with Gasteiger partial charge in [-0.15, -0.1) is 0 Å². The topological polar surface area (TPSA) is 44.0 Å². The molecule has 0 saturated carbocycles. The van der Waals surface area contributed by atoms with E-state index in [9.17, 15) is 5.11 Å². The van der Waals surface area contributed by atoms with Gasteiger partial charge in [-0.3, -0.25) is 0 Å². The molecule has 0 heterocycles. The predicted octanol–water partition coefficient (Wildman–Crippen LogP) is 1.77. The third kappa shape index (κ3) is 1.50. The molecule has 56 valence electrons. The fourth-order valence-electron chi connectivity index (χ4n) is 0.948. The molecule has 0 radical (unpaired) electrons. The van der Waals surface area contributed by atoms with Gasteiger partial charge < -0.3 is 5.11 Å². The van der Waals surface area contributed by atoms with Gasteiger partial charge in [0.05, 0.1) is 12.5 Å². The number of para-hydroxylation sites is 1. The zero-order chi connectivity index (χ0) is 8.27. The van der Waals surface area contributed by atoms with Gasteiger partial charge in [0.15, 0.2) is 0 Å². The SMILES string of the molecule is Cc1cccc(CC#N)c1O. The maximum atomic E-state index is 9.38. The van der Waals surface area contributed by atoms with E-state index in [4.69, 9.17) is 5.26 Å². The molecular formula is C9H9NO. The number of phenols is 1. The molecule has 0 spiro atoms. The van der Waals surface area contributed by atoms with E-state index in [2.05, 4.69) is 0 Å². The predicted molar refractivity (Wildman–Crippen MR) is 42.2 cm³/mol. The fraction of sp³-hybridized carbons (Fsp3) is 0.222. The summed E-state index contributed by atoms with van der Waals surface area (Å²) in [6.07, 6.45) is 0.271. The van der Waals surface area contributed by atoms with E-state index in [0.29, 0.717) is 5.56 Å². The molecule has 0 saturated heterocycles. The second kappa shape index (κ2) is 3.07. The van der Waals surface area contributed by atoms with Gasteiger partial charge in [0, 0.05) is 5.56 Å². The van der Waals surface area contributed by atoms with Crippen LogP contribution in [-0.4, -0.2) is 5.11 Å². The molecule has 1 aromatic carbocycles. The molecule has 11 heavy (non-hydrogen) atoms. The van der Waals surface area contributed by atoms with Gasteiger partial charge in [-0.05, 0) is 12.5 Å². The molecule has 0 aliphatic carbocycles. The second-order valence-electron chi connectivity index (χ2n) is 2.42. The van der Waals surface area contributed by atoms with Crippen molar-refractivity contribution in [3.05, 3.63) is 29.3 Å². The van der Waals surface area contributed by atoms with Crippen LogP contribution >= 0.6 is 0 Å². The summed E-state index contributed by atoms with van der Waals surface area (Å²) < 4.78 is 0. The summed E-state index contributed by atoms with van der Waals surface area (Å²) in [4.78, 5) is 0. The summed E-state index contributed by atoms with van der Waals surface area (Å²) in [5.41, 5.74) is 1.52. The van der Waals surface area contributed by atoms with Crippen molar-refractivity contribution >= 4 is 0 Å². The molecule has 1 rings (SSSR count). The molecular weight excluding hydrogens is 138 g/mol. The van der Waals surface area contributed by atoms with Crippen LogP contribution in [0.2, 0.25) is 0 Å². The summed E-state index contributed by atoms with van der Waals surface area (Å²) in [5.74, 6) is 0.244. The van der Waals surface area contributed by atoms with Crippen LogP contribution in [0.5, 0.6) is 5.75 Å². The summed E-state index contributed by atoms with van der Waals surface area (Å²) in [6, 6.07) is 7.40. The Bertz CT molecular complexity index is 299. The summed E-state index contributed by atoms with van der Waals surface area (Å²) in [5, 5.41) is 17.8. The van der Waals surface area contributed by atoms with Crippen molar-refractivity contribution in [1.29, 1.82) is 5.26 Å². The number of hydrogen-bond donors (Lipinski definition) is 1. The molecule has 0 fully saturated rings. The zero-order valence-corrected chi connectivity index (χ0v) is 6.33. The number of nitrogens with zero attached hydrogens (tertiary/aromatic N) is 1. The first-order valence-corrected chi connectivity index (χ1v) is 3.40. The van der Waals surface area contributed by atoms with Crippen molar-refractivity contribution in [3.63, 3.8) is 0 Å². The highest BCUT2D eigenvalue weighted by Gasteiger charge is 2.01. The van der Waals surface area contributed by atoms with Crippen molar-refractivity contribution in [1.82, 2.24) is 0 Å². The first kappa shape index (κ1) is 7.62. The Kier molecular flexibility index (Phi) is 2.12. The van der Waals surface area contributed by atoms with Crippen LogP contribution in [0.4, 0.5) is 0 Å². The molecule has 0 aromatic heterocycles. The summed E-state index contributed by atoms with van der Waals surface area (Å²) >= 11 is 0. The zero-order valence-electron chi connectivity index (χ0n) is 6.33. The van der Waals surface area contributed by atoms with Crippen LogP contribution in [0, 0.1) is 18.3 Å². The van der Waals surface area contributed by atoms with Crippen LogP contribution < -0.4 is 0 Å². The first-order chi connectivity index (χ1) is 5.25. The summed E-state index contributed by atoms with van der Waals surface area (Å²) in [7, 11) is 0. The van der Waals surface area contributed by atoms with Gasteiger partial charge in [0.1, 0.15) is 5.75 Å². The van der Waals surface area contributed by atoms with Gasteiger partial charge in [-0.1, -0.05) is 18.2 Å². The van der Waals surface area contributed by atoms with E-state index in [1.165, 1.54) is 0 Å². The molecule has 0 atom stereocenters. The molecule has 2 nitrogen and oxygen atoms in total. The lowest BCUT2D eigenvalue weighted by atomic mass is 10.1. The van der Waals surface area contributed by atoms with Gasteiger partial charge >= 0.3 is 0 Å². The average Bonchev–Trinajstić information content (AvgIpc) is 1.99. The van der Waals surface area contributed by atoms with E-state index < -0.39 is 0 Å². The Morgan fingerprint density at radius 2 is 2.27 bits per heavy atom. The van der Waals surface area contributed by atoms with Crippen molar-refractivity contribution in [2.75, 3.05) is 0 Å². The van der Waals surface area contributed by atoms with E-state index in [1.807, 2.05) is 25.1 Å². The molecule has 1 N–H and O–H groups in total. The number of rotatable bonds is 1. The molecule has 0 bridgehead atoms. The van der Waals surface area contributed by atoms with Gasteiger partial charge in [-0.25, -0.2) is 0 Å². The number of phenolic OH excluding ortho intramolecular Hbond substituents is 1. The monoisotopic (exact) mass is 147 g/mol. The largest absolute Gasteiger partial charge is 0.507 e. The van der Waals surface area contributed by atoms with Crippen LogP contribution in [0.15, 0.2) is 18.2 Å². The first-order valence-electron chi connectivity index (χ1n) is 3.40. The van der Waals surface area contributed by atoms with Crippen molar-refractivity contribution in [3.8, 4) is 11.8 Å². The summed E-state index contributed by atoms with van der Waals surface area (Å²) in [6.45, 7) is 1.82. The van der Waals surface area contributed by atoms with Crippen LogP contribution in [0.25, 0.3) is 0 Å². The van der Waals surface area contributed by atoms with Crippen LogP contribution in [0.1, 0.15) is 11.1 Å². The van der Waals surface area contributed by atoms with E-state index in [-0.39, 0.29) is 12.2 Å². The maximum absolute atomic E-state index is 9.38. The number of nitriles is 1. The standard InChI is InChI=1S/C9H9NO/c1-7-3-2-4-8(5-6-10)9(7)11/h2-4,11H,5H2,1H3. The number of benzene rings is 1. The molecule has 2 heteroatoms. The van der Waals surface area contributed by atoms with Crippen LogP contribution in [0.3, 0.4) is 0 Å². The Labute approximate surface area is 65.7 Å². The second-order valence-corrected chi connectivity index (χ2v) is 2.42. The smallest absolute Gasteiger partial charge is 0.122 e. The van der Waals surface area contributed by atoms with Gasteiger partial charge in [0.2, 0.25) is 0 Å². The van der Waals surface area contributed by atoms with E-state index in [1.54, 1.807) is 6.07 Å². The Hall–Kier alpha value is -1.49. The number of hydrogen-bond acceptors (Lipinski definition) is 2. The molecule has 0 aliphatic rings. The van der Waals surface area contributed by atoms with Gasteiger partial charge in [-0.2, -0.15) is 5.26 Å². The average molecular weight is 147 g/mol. The normalized spacial score (nSPS) is 9.09. The molecule has 0 amide bonds. The lowest BCUT2D eigenvalue weighted by Crippen LogP contribution is -1.84. The highest BCUT2D eigenvalue weighted by Crippen LogP contribution is 2.21. The minimum Gasteiger partial charge on any atom is -0.507 e. The molecule has 0 unspecified atom stereocenters. The number of aromatic hydroxyl groups is 1. The third-order valence-corrected chi connectivity index (χ3v) is 1.59. The van der Waals surface area contributed by atoms with Crippen molar-refractivity contribution < 1.29 is 5.11 Å². The lowest BCUT2D eigenvalue weighted by Gasteiger charge is -2.01. The minimum atomic E-state index is 0.244. The Balaban J connectivity index is 3.08. The maximum Gasteiger partial charge on any atom is 0.122 e. The van der Waals surface area contributed by atoms with E-state index >= 15 is 0 Å². The Morgan fingerprint density at radius 3 is 2.91 bits per heavy atom. The number of aryl methyl sites for hydroxylation is 1. The quantitative estimate of drug-likeness (QED) is 0.657. The third-order valence-electron chi connectivity index (χ3n) is 1.59. The van der Waals surface area contributed by atoms with Crippen molar-refractivity contribution in [2.24, 2.45) is 0 Å². The highest BCUT2D eigenvalue weighted by molar-refractivity contribution is 5.40. The van der Waals surface area contributed by atoms with E-state index in [0.717, 1.165) is 5.56 Å². The van der Waals surface area contributed by atoms with Crippen molar-refractivity contribution in [2.45, 2.75) is 13.3 Å². The highest BCUT2D eigenvalue weighted by atomic mass is 16.3.